The Hall–Kier alpha value is -1.85. The molecule has 2 rings (SSSR count). The van der Waals surface area contributed by atoms with Gasteiger partial charge in [0.1, 0.15) is 4.88 Å². The lowest BCUT2D eigenvalue weighted by Gasteiger charge is -2.24. The van der Waals surface area contributed by atoms with Crippen molar-refractivity contribution >= 4 is 34.8 Å². The Bertz CT molecular complexity index is 709. The van der Waals surface area contributed by atoms with Crippen LogP contribution < -0.4 is 5.32 Å². The quantitative estimate of drug-likeness (QED) is 0.874. The fourth-order valence-electron chi connectivity index (χ4n) is 1.98. The first-order valence-corrected chi connectivity index (χ1v) is 7.86. The molecule has 1 aromatic heterocycles. The smallest absolute Gasteiger partial charge is 0.345 e. The number of rotatable bonds is 5. The van der Waals surface area contributed by atoms with Crippen molar-refractivity contribution in [2.45, 2.75) is 25.8 Å². The fraction of sp³-hybridized carbons (Fsp3) is 0.250. The minimum absolute atomic E-state index is 0.139. The molecule has 0 aliphatic carbocycles. The van der Waals surface area contributed by atoms with Crippen molar-refractivity contribution in [2.75, 3.05) is 0 Å². The summed E-state index contributed by atoms with van der Waals surface area (Å²) in [5.41, 5.74) is 0.104. The van der Waals surface area contributed by atoms with Gasteiger partial charge < -0.3 is 10.4 Å². The van der Waals surface area contributed by atoms with Crippen molar-refractivity contribution in [1.29, 1.82) is 0 Å². The lowest BCUT2D eigenvalue weighted by Crippen LogP contribution is -2.39. The molecule has 4 nitrogen and oxygen atoms in total. The predicted molar refractivity (Wildman–Crippen MR) is 87.6 cm³/mol. The molecular formula is C16H16ClNO3S. The first kappa shape index (κ1) is 16.5. The molecule has 0 atom stereocenters. The summed E-state index contributed by atoms with van der Waals surface area (Å²) < 4.78 is 0. The number of hydrogen-bond acceptors (Lipinski definition) is 3. The molecule has 0 unspecified atom stereocenters. The molecule has 2 aromatic rings. The van der Waals surface area contributed by atoms with E-state index in [4.69, 9.17) is 16.7 Å². The highest BCUT2D eigenvalue weighted by Gasteiger charge is 2.29. The highest BCUT2D eigenvalue weighted by Crippen LogP contribution is 2.26. The summed E-state index contributed by atoms with van der Waals surface area (Å²) in [5.74, 6) is -1.10. The van der Waals surface area contributed by atoms with E-state index >= 15 is 0 Å². The Balaban J connectivity index is 2.05. The Morgan fingerprint density at radius 3 is 2.59 bits per heavy atom. The number of carboxylic acids is 1. The van der Waals surface area contributed by atoms with Crippen LogP contribution in [0.3, 0.4) is 0 Å². The molecule has 116 valence electrons. The summed E-state index contributed by atoms with van der Waals surface area (Å²) in [4.78, 5) is 24.3. The molecule has 0 saturated heterocycles. The van der Waals surface area contributed by atoms with Crippen molar-refractivity contribution in [3.63, 3.8) is 0 Å². The second-order valence-corrected chi connectivity index (χ2v) is 6.99. The van der Waals surface area contributed by atoms with Gasteiger partial charge in [0.15, 0.2) is 0 Å². The van der Waals surface area contributed by atoms with E-state index in [1.807, 2.05) is 26.0 Å². The van der Waals surface area contributed by atoms with Gasteiger partial charge >= 0.3 is 5.97 Å². The highest BCUT2D eigenvalue weighted by molar-refractivity contribution is 7.13. The van der Waals surface area contributed by atoms with E-state index in [9.17, 15) is 9.59 Å². The van der Waals surface area contributed by atoms with Gasteiger partial charge in [-0.1, -0.05) is 23.7 Å². The van der Waals surface area contributed by atoms with Crippen molar-refractivity contribution in [1.82, 2.24) is 5.32 Å². The zero-order valence-electron chi connectivity index (χ0n) is 12.2. The third kappa shape index (κ3) is 3.67. The van der Waals surface area contributed by atoms with Gasteiger partial charge in [0.25, 0.3) is 0 Å². The lowest BCUT2D eigenvalue weighted by molar-refractivity contribution is -0.125. The van der Waals surface area contributed by atoms with Crippen LogP contribution in [0.5, 0.6) is 0 Å². The Labute approximate surface area is 137 Å². The Kier molecular flexibility index (Phi) is 4.88. The van der Waals surface area contributed by atoms with Crippen LogP contribution in [0.25, 0.3) is 0 Å². The molecule has 0 bridgehead atoms. The third-order valence-electron chi connectivity index (χ3n) is 3.41. The number of thiophene rings is 1. The average molecular weight is 338 g/mol. The number of halogens is 1. The van der Waals surface area contributed by atoms with Crippen LogP contribution in [-0.2, 0) is 16.8 Å². The van der Waals surface area contributed by atoms with Crippen LogP contribution in [0.4, 0.5) is 0 Å². The summed E-state index contributed by atoms with van der Waals surface area (Å²) in [6.45, 7) is 3.96. The summed E-state index contributed by atoms with van der Waals surface area (Å²) in [6.07, 6.45) is 0. The number of carbonyl (C=O) groups is 2. The van der Waals surface area contributed by atoms with E-state index in [-0.39, 0.29) is 10.8 Å². The molecule has 0 aliphatic heterocycles. The van der Waals surface area contributed by atoms with Crippen molar-refractivity contribution in [3.8, 4) is 0 Å². The summed E-state index contributed by atoms with van der Waals surface area (Å²) in [6, 6.07) is 10.5. The van der Waals surface area contributed by atoms with Crippen molar-refractivity contribution in [2.24, 2.45) is 0 Å². The number of hydrogen-bond donors (Lipinski definition) is 2. The fourth-order valence-corrected chi connectivity index (χ4v) is 2.96. The number of benzene rings is 1. The zero-order chi connectivity index (χ0) is 16.3. The number of carbonyl (C=O) groups excluding carboxylic acids is 1. The molecule has 0 saturated carbocycles. The molecule has 1 aromatic carbocycles. The summed E-state index contributed by atoms with van der Waals surface area (Å²) >= 11 is 7.13. The van der Waals surface area contributed by atoms with Gasteiger partial charge in [-0.2, -0.15) is 0 Å². The summed E-state index contributed by atoms with van der Waals surface area (Å²) in [7, 11) is 0. The van der Waals surface area contributed by atoms with Gasteiger partial charge in [-0.25, -0.2) is 4.79 Å². The van der Waals surface area contributed by atoms with E-state index in [2.05, 4.69) is 5.32 Å². The van der Waals surface area contributed by atoms with Gasteiger partial charge in [0, 0.05) is 9.90 Å². The largest absolute Gasteiger partial charge is 0.477 e. The maximum Gasteiger partial charge on any atom is 0.345 e. The Morgan fingerprint density at radius 1 is 1.27 bits per heavy atom. The second kappa shape index (κ2) is 6.50. The first-order chi connectivity index (χ1) is 10.3. The number of aromatic carboxylic acids is 1. The van der Waals surface area contributed by atoms with Crippen LogP contribution in [0, 0.1) is 0 Å². The minimum Gasteiger partial charge on any atom is -0.477 e. The molecule has 0 spiro atoms. The normalized spacial score (nSPS) is 11.2. The molecule has 0 aliphatic rings. The Morgan fingerprint density at radius 2 is 2.00 bits per heavy atom. The van der Waals surface area contributed by atoms with Gasteiger partial charge in [-0.05, 0) is 43.7 Å². The number of amides is 1. The van der Waals surface area contributed by atoms with Gasteiger partial charge in [0.2, 0.25) is 5.91 Å². The third-order valence-corrected chi connectivity index (χ3v) is 4.72. The zero-order valence-corrected chi connectivity index (χ0v) is 13.8. The molecule has 1 heterocycles. The molecule has 0 fully saturated rings. The van der Waals surface area contributed by atoms with E-state index in [0.717, 1.165) is 21.8 Å². The standard InChI is InChI=1S/C16H16ClNO3S/c1-16(2,10-4-3-5-11(17)8-10)15(21)18-9-12-6-7-13(22-12)14(19)20/h3-8H,9H2,1-2H3,(H,18,21)(H,19,20). The van der Waals surface area contributed by atoms with Crippen molar-refractivity contribution in [3.05, 3.63) is 56.7 Å². The topological polar surface area (TPSA) is 66.4 Å². The van der Waals surface area contributed by atoms with Crippen LogP contribution in [-0.4, -0.2) is 17.0 Å². The maximum atomic E-state index is 12.4. The molecule has 2 N–H and O–H groups in total. The first-order valence-electron chi connectivity index (χ1n) is 6.67. The van der Waals surface area contributed by atoms with Crippen molar-refractivity contribution < 1.29 is 14.7 Å². The average Bonchev–Trinajstić information content (AvgIpc) is 2.93. The monoisotopic (exact) mass is 337 g/mol. The van der Waals surface area contributed by atoms with Gasteiger partial charge in [-0.15, -0.1) is 11.3 Å². The molecule has 22 heavy (non-hydrogen) atoms. The van der Waals surface area contributed by atoms with Crippen LogP contribution in [0.2, 0.25) is 5.02 Å². The number of carboxylic acid groups (broad SMARTS) is 1. The van der Waals surface area contributed by atoms with Gasteiger partial charge in [-0.3, -0.25) is 4.79 Å². The highest BCUT2D eigenvalue weighted by atomic mass is 35.5. The van der Waals surface area contributed by atoms with Crippen LogP contribution in [0.1, 0.15) is 34.0 Å². The van der Waals surface area contributed by atoms with E-state index in [1.54, 1.807) is 18.2 Å². The van der Waals surface area contributed by atoms with Crippen LogP contribution >= 0.6 is 22.9 Å². The van der Waals surface area contributed by atoms with E-state index < -0.39 is 11.4 Å². The maximum absolute atomic E-state index is 12.4. The van der Waals surface area contributed by atoms with Gasteiger partial charge in [0.05, 0.1) is 12.0 Å². The van der Waals surface area contributed by atoms with E-state index in [0.29, 0.717) is 11.6 Å². The molecular weight excluding hydrogens is 322 g/mol. The minimum atomic E-state index is -0.957. The predicted octanol–water partition coefficient (Wildman–Crippen LogP) is 3.69. The SMILES string of the molecule is CC(C)(C(=O)NCc1ccc(C(=O)O)s1)c1cccc(Cl)c1. The molecule has 1 amide bonds. The molecule has 0 radical (unpaired) electrons. The lowest BCUT2D eigenvalue weighted by atomic mass is 9.84. The van der Waals surface area contributed by atoms with E-state index in [1.165, 1.54) is 6.07 Å². The molecule has 6 heteroatoms. The number of nitrogens with one attached hydrogen (secondary N) is 1. The second-order valence-electron chi connectivity index (χ2n) is 5.39. The summed E-state index contributed by atoms with van der Waals surface area (Å²) in [5, 5.41) is 12.3. The van der Waals surface area contributed by atoms with Crippen LogP contribution in [0.15, 0.2) is 36.4 Å².